The summed E-state index contributed by atoms with van der Waals surface area (Å²) in [6.45, 7) is 20.8. The van der Waals surface area contributed by atoms with E-state index >= 15 is 0 Å². The SMILES string of the molecule is C=CC(=O)OCCCCCCOc1ccc(OC(=O)C2CCC(COc3ccc(-c4ccc(CCCCOC(=O)C=C)cc4)c(/C=C/N(CCC[CH2-])C(C)=Nc4ccccc4C)c3)CC2)cc1.C=C[C-]=O.[U+2]. The zero-order valence-corrected chi connectivity index (χ0v) is 46.5. The molecule has 11 nitrogen and oxygen atoms in total. The van der Waals surface area contributed by atoms with Crippen molar-refractivity contribution in [1.29, 1.82) is 0 Å². The van der Waals surface area contributed by atoms with E-state index in [1.165, 1.54) is 24.0 Å². The number of carbonyl (C=O) groups excluding carboxylic acids is 4. The van der Waals surface area contributed by atoms with Gasteiger partial charge >= 0.3 is 49.0 Å². The predicted molar refractivity (Wildman–Crippen MR) is 284 cm³/mol. The van der Waals surface area contributed by atoms with Gasteiger partial charge in [-0.15, -0.1) is 0 Å². The van der Waals surface area contributed by atoms with Gasteiger partial charge in [0.25, 0.3) is 0 Å². The second-order valence-electron chi connectivity index (χ2n) is 17.3. The molecule has 1 aliphatic rings. The van der Waals surface area contributed by atoms with Gasteiger partial charge in [-0.25, -0.2) is 27.2 Å². The number of aliphatic imine (C=N–C) groups is 1. The molecule has 1 saturated carbocycles. The van der Waals surface area contributed by atoms with Crippen LogP contribution in [0.1, 0.15) is 101 Å². The van der Waals surface area contributed by atoms with Gasteiger partial charge in [-0.2, -0.15) is 6.42 Å². The molecule has 0 aliphatic heterocycles. The molecule has 0 aromatic heterocycles. The summed E-state index contributed by atoms with van der Waals surface area (Å²) < 4.78 is 28.3. The molecule has 0 N–H and O–H groups in total. The molecule has 0 unspecified atom stereocenters. The molecule has 0 amide bonds. The van der Waals surface area contributed by atoms with Crippen LogP contribution in [0.25, 0.3) is 17.2 Å². The molecule has 1 aliphatic carbocycles. The number of hydrogen-bond acceptors (Lipinski definition) is 10. The zero-order valence-electron chi connectivity index (χ0n) is 42.3. The summed E-state index contributed by atoms with van der Waals surface area (Å²) in [5, 5.41) is 0. The van der Waals surface area contributed by atoms with Crippen molar-refractivity contribution in [2.75, 3.05) is 33.0 Å². The number of hydrogen-bond donors (Lipinski definition) is 0. The molecular formula is C60H72N2O9U. The van der Waals surface area contributed by atoms with E-state index in [0.717, 1.165) is 141 Å². The number of benzene rings is 4. The number of esters is 3. The third-order valence-corrected chi connectivity index (χ3v) is 12.0. The minimum Gasteiger partial charge on any atom is -0.494 e. The third-order valence-electron chi connectivity index (χ3n) is 12.0. The number of aryl methyl sites for hydroxylation is 2. The summed E-state index contributed by atoms with van der Waals surface area (Å²) in [5.41, 5.74) is 6.52. The van der Waals surface area contributed by atoms with Crippen molar-refractivity contribution < 1.29 is 74.0 Å². The van der Waals surface area contributed by atoms with E-state index in [4.69, 9.17) is 33.5 Å². The van der Waals surface area contributed by atoms with E-state index in [2.05, 4.69) is 93.2 Å². The average molecular weight is 1200 g/mol. The maximum absolute atomic E-state index is 13.2. The molecule has 0 saturated heterocycles. The quantitative estimate of drug-likeness (QED) is 0.0103. The molecule has 12 heteroatoms. The van der Waals surface area contributed by atoms with Gasteiger partial charge in [0.1, 0.15) is 23.1 Å². The Kier molecular flexibility index (Phi) is 29.5. The largest absolute Gasteiger partial charge is 2.00 e. The second kappa shape index (κ2) is 35.2. The molecule has 0 bridgehead atoms. The number of unbranched alkanes of at least 4 members (excludes halogenated alkanes) is 5. The van der Waals surface area contributed by atoms with Gasteiger partial charge in [-0.3, -0.25) is 4.79 Å². The van der Waals surface area contributed by atoms with Crippen molar-refractivity contribution in [2.45, 2.75) is 97.3 Å². The fourth-order valence-electron chi connectivity index (χ4n) is 7.83. The maximum atomic E-state index is 13.2. The average Bonchev–Trinajstić information content (AvgIpc) is 3.40. The van der Waals surface area contributed by atoms with Crippen LogP contribution < -0.4 is 14.2 Å². The summed E-state index contributed by atoms with van der Waals surface area (Å²) in [4.78, 5) is 51.8. The number of para-hydroxylation sites is 1. The first-order valence-electron chi connectivity index (χ1n) is 24.8. The standard InChI is InChI=1S/C57H69N2O8.C3H3O.U/c1-6-9-36-59(44(5)58-54-20-13-12-18-43(54)4)37-35-49-41-52(33-34-53(49)47-25-21-45(22-26-47)19-14-17-40-65-56(61)8-3)66-42-46-23-27-48(28-24-46)57(62)67-51-31-29-50(30-32-51)63-38-15-10-11-16-39-64-55(60)7-2;1-2-3-4;/h7-8,12-13,18,20-22,25-26,29-35,37,41,46,48H,1-3,6,9-11,14-17,19,23-24,27-28,36,38-40,42H2,4-5H3;2H,1H2;/q2*-1;+2/b37-35+,58-44?;;. The van der Waals surface area contributed by atoms with Crippen molar-refractivity contribution in [2.24, 2.45) is 16.8 Å². The molecule has 0 heterocycles. The van der Waals surface area contributed by atoms with Gasteiger partial charge in [-0.1, -0.05) is 68.1 Å². The van der Waals surface area contributed by atoms with Crippen LogP contribution in [0.15, 0.2) is 140 Å². The van der Waals surface area contributed by atoms with Gasteiger partial charge in [0, 0.05) is 24.9 Å². The van der Waals surface area contributed by atoms with Crippen LogP contribution in [0, 0.1) is 56.8 Å². The van der Waals surface area contributed by atoms with Crippen LogP contribution in [-0.2, 0) is 35.1 Å². The number of ether oxygens (including phenoxy) is 5. The number of nitrogens with zero attached hydrogens (tertiary/aromatic N) is 2. The zero-order chi connectivity index (χ0) is 51.1. The normalized spacial score (nSPS) is 14.1. The first-order valence-corrected chi connectivity index (χ1v) is 24.8. The molecular weight excluding hydrogens is 1130 g/mol. The van der Waals surface area contributed by atoms with E-state index < -0.39 is 0 Å². The van der Waals surface area contributed by atoms with Gasteiger partial charge in [0.15, 0.2) is 0 Å². The first-order chi connectivity index (χ1) is 34.6. The molecule has 4 aromatic carbocycles. The fraction of sp³-hybridized carbons (Fsp3) is 0.367. The Labute approximate surface area is 452 Å². The van der Waals surface area contributed by atoms with E-state index in [1.54, 1.807) is 12.1 Å². The van der Waals surface area contributed by atoms with Crippen LogP contribution in [0.4, 0.5) is 5.69 Å². The molecule has 0 radical (unpaired) electrons. The Hall–Kier alpha value is -5.96. The van der Waals surface area contributed by atoms with E-state index in [-0.39, 0.29) is 54.9 Å². The second-order valence-corrected chi connectivity index (χ2v) is 17.3. The number of allylic oxidation sites excluding steroid dienone is 1. The summed E-state index contributed by atoms with van der Waals surface area (Å²) in [7, 11) is 0. The summed E-state index contributed by atoms with van der Waals surface area (Å²) in [6.07, 6.45) is 20.4. The van der Waals surface area contributed by atoms with Gasteiger partial charge in [0.05, 0.1) is 38.0 Å². The summed E-state index contributed by atoms with van der Waals surface area (Å²) in [6, 6.07) is 30.3. The van der Waals surface area contributed by atoms with E-state index in [9.17, 15) is 14.4 Å². The van der Waals surface area contributed by atoms with Crippen molar-refractivity contribution in [3.05, 3.63) is 159 Å². The van der Waals surface area contributed by atoms with Gasteiger partial charge in [-0.05, 0) is 173 Å². The van der Waals surface area contributed by atoms with E-state index in [0.29, 0.717) is 38.1 Å². The maximum Gasteiger partial charge on any atom is 2.00 e. The summed E-state index contributed by atoms with van der Waals surface area (Å²) in [5.74, 6) is 2.15. The molecule has 1 fully saturated rings. The predicted octanol–water partition coefficient (Wildman–Crippen LogP) is 13.1. The number of rotatable bonds is 28. The molecule has 4 aromatic rings. The van der Waals surface area contributed by atoms with Crippen LogP contribution >= 0.6 is 0 Å². The number of amidine groups is 1. The van der Waals surface area contributed by atoms with Crippen molar-refractivity contribution in [1.82, 2.24) is 4.90 Å². The Balaban J connectivity index is 0.00000264. The Bertz CT molecular complexity index is 2350. The molecule has 5 rings (SSSR count). The summed E-state index contributed by atoms with van der Waals surface area (Å²) >= 11 is 0. The molecule has 72 heavy (non-hydrogen) atoms. The molecule has 0 spiro atoms. The fourth-order valence-corrected chi connectivity index (χ4v) is 7.83. The van der Waals surface area contributed by atoms with Crippen molar-refractivity contribution in [3.63, 3.8) is 0 Å². The smallest absolute Gasteiger partial charge is 0.494 e. The van der Waals surface area contributed by atoms with E-state index in [1.807, 2.05) is 43.3 Å². The van der Waals surface area contributed by atoms with Gasteiger partial charge < -0.3 is 40.3 Å². The number of carbonyl (C=O) groups is 3. The van der Waals surface area contributed by atoms with Gasteiger partial charge in [0.2, 0.25) is 0 Å². The molecule has 0 atom stereocenters. The molecule has 380 valence electrons. The minimum atomic E-state index is -0.388. The Morgan fingerprint density at radius 2 is 1.36 bits per heavy atom. The van der Waals surface area contributed by atoms with Crippen LogP contribution in [0.2, 0.25) is 0 Å². The topological polar surface area (TPSA) is 130 Å². The van der Waals surface area contributed by atoms with Crippen LogP contribution in [-0.4, -0.2) is 67.9 Å². The first kappa shape index (κ1) is 60.3. The Morgan fingerprint density at radius 3 is 1.99 bits per heavy atom. The van der Waals surface area contributed by atoms with Crippen molar-refractivity contribution in [3.8, 4) is 28.4 Å². The van der Waals surface area contributed by atoms with Crippen molar-refractivity contribution >= 4 is 41.8 Å². The Morgan fingerprint density at radius 1 is 0.750 bits per heavy atom. The monoisotopic (exact) mass is 1200 g/mol. The third kappa shape index (κ3) is 22.6. The minimum absolute atomic E-state index is 0. The van der Waals surface area contributed by atoms with Crippen LogP contribution in [0.3, 0.4) is 0 Å². The van der Waals surface area contributed by atoms with Crippen LogP contribution in [0.5, 0.6) is 17.2 Å².